The predicted octanol–water partition coefficient (Wildman–Crippen LogP) is 1.03. The van der Waals surface area contributed by atoms with Crippen LogP contribution in [0.1, 0.15) is 19.8 Å². The van der Waals surface area contributed by atoms with Crippen molar-refractivity contribution in [3.8, 4) is 0 Å². The number of carbonyl (C=O) groups is 2. The average Bonchev–Trinajstić information content (AvgIpc) is 1.88. The molecule has 0 spiro atoms. The molecule has 3 nitrogen and oxygen atoms in total. The summed E-state index contributed by atoms with van der Waals surface area (Å²) >= 11 is 0. The molecule has 0 radical (unpaired) electrons. The van der Waals surface area contributed by atoms with Crippen LogP contribution in [0.2, 0.25) is 0 Å². The first-order chi connectivity index (χ1) is 4.70. The minimum absolute atomic E-state index is 0.0464. The lowest BCUT2D eigenvalue weighted by Gasteiger charge is -2.01. The third kappa shape index (κ3) is 4.00. The zero-order chi connectivity index (χ0) is 7.98. The summed E-state index contributed by atoms with van der Waals surface area (Å²) in [7, 11) is 0. The van der Waals surface area contributed by atoms with Crippen LogP contribution in [0, 0.1) is 5.92 Å². The average molecular weight is 148 g/mol. The summed E-state index contributed by atoms with van der Waals surface area (Å²) in [4.78, 5) is 22.9. The van der Waals surface area contributed by atoms with Gasteiger partial charge >= 0.3 is 5.97 Å². The minimum Gasteiger partial charge on any atom is -0.303 e. The van der Waals surface area contributed by atoms with Gasteiger partial charge in [0.1, 0.15) is 6.29 Å². The first-order valence-electron chi connectivity index (χ1n) is 2.95. The van der Waals surface area contributed by atoms with E-state index in [0.29, 0.717) is 6.29 Å². The maximum atomic E-state index is 11.0. The Bertz CT molecular complexity index is 124. The number of carbonyl (C=O) groups excluding carboxylic acids is 2. The van der Waals surface area contributed by atoms with Gasteiger partial charge in [-0.3, -0.25) is 4.94 Å². The number of rotatable bonds is 4. The molecule has 0 amide bonds. The Balaban J connectivity index is 3.46. The van der Waals surface area contributed by atoms with Gasteiger partial charge in [0.2, 0.25) is 0 Å². The van der Waals surface area contributed by atoms with Crippen LogP contribution in [0.25, 0.3) is 0 Å². The van der Waals surface area contributed by atoms with Gasteiger partial charge in [0.25, 0.3) is 0 Å². The summed E-state index contributed by atoms with van der Waals surface area (Å²) in [5, 5.41) is 0. The minimum atomic E-state index is -0.922. The van der Waals surface area contributed by atoms with Gasteiger partial charge in [0.05, 0.1) is 6.42 Å². The van der Waals surface area contributed by atoms with E-state index in [9.17, 15) is 14.1 Å². The number of hydrogen-bond donors (Lipinski definition) is 0. The Morgan fingerprint density at radius 2 is 2.40 bits per heavy atom. The van der Waals surface area contributed by atoms with Crippen molar-refractivity contribution in [2.24, 2.45) is 5.92 Å². The standard InChI is InChI=1S/C6H9FO3/c1-5(2-3-8)4-6(9)10-7/h3,5H,2,4H2,1H3. The van der Waals surface area contributed by atoms with Crippen molar-refractivity contribution in [2.75, 3.05) is 0 Å². The summed E-state index contributed by atoms with van der Waals surface area (Å²) in [6.45, 7) is 1.67. The number of halogens is 1. The second kappa shape index (κ2) is 4.90. The molecular weight excluding hydrogens is 139 g/mol. The third-order valence-electron chi connectivity index (χ3n) is 1.10. The normalized spacial score (nSPS) is 12.2. The summed E-state index contributed by atoms with van der Waals surface area (Å²) in [5.74, 6) is -1.06. The highest BCUT2D eigenvalue weighted by atomic mass is 19.3. The number of aldehydes is 1. The van der Waals surface area contributed by atoms with Gasteiger partial charge < -0.3 is 4.79 Å². The van der Waals surface area contributed by atoms with Crippen LogP contribution < -0.4 is 0 Å². The van der Waals surface area contributed by atoms with E-state index in [4.69, 9.17) is 0 Å². The van der Waals surface area contributed by atoms with Crippen molar-refractivity contribution in [3.63, 3.8) is 0 Å². The molecule has 0 saturated carbocycles. The molecule has 10 heavy (non-hydrogen) atoms. The van der Waals surface area contributed by atoms with Crippen LogP contribution in [0.3, 0.4) is 0 Å². The molecule has 0 aromatic carbocycles. The van der Waals surface area contributed by atoms with Gasteiger partial charge in [-0.1, -0.05) is 6.92 Å². The van der Waals surface area contributed by atoms with E-state index >= 15 is 0 Å². The molecule has 0 rings (SSSR count). The second-order valence-corrected chi connectivity index (χ2v) is 2.16. The van der Waals surface area contributed by atoms with Crippen LogP contribution in [0.4, 0.5) is 4.53 Å². The quantitative estimate of drug-likeness (QED) is 0.559. The van der Waals surface area contributed by atoms with Gasteiger partial charge in [-0.2, -0.15) is 0 Å². The van der Waals surface area contributed by atoms with Crippen LogP contribution >= 0.6 is 0 Å². The van der Waals surface area contributed by atoms with E-state index in [1.54, 1.807) is 6.92 Å². The first-order valence-corrected chi connectivity index (χ1v) is 2.95. The molecule has 0 heterocycles. The summed E-state index contributed by atoms with van der Waals surface area (Å²) in [6, 6.07) is 0. The van der Waals surface area contributed by atoms with Crippen molar-refractivity contribution < 1.29 is 19.1 Å². The highest BCUT2D eigenvalue weighted by Gasteiger charge is 2.09. The zero-order valence-corrected chi connectivity index (χ0v) is 5.67. The van der Waals surface area contributed by atoms with Gasteiger partial charge in [-0.05, 0) is 5.92 Å². The van der Waals surface area contributed by atoms with E-state index in [-0.39, 0.29) is 18.8 Å². The van der Waals surface area contributed by atoms with Crippen LogP contribution in [-0.2, 0) is 14.5 Å². The fraction of sp³-hybridized carbons (Fsp3) is 0.667. The molecule has 0 aliphatic rings. The van der Waals surface area contributed by atoms with Crippen LogP contribution in [0.15, 0.2) is 0 Å². The highest BCUT2D eigenvalue weighted by molar-refractivity contribution is 5.69. The molecule has 0 aliphatic heterocycles. The maximum Gasteiger partial charge on any atom is 0.349 e. The zero-order valence-electron chi connectivity index (χ0n) is 5.67. The van der Waals surface area contributed by atoms with Gasteiger partial charge in [-0.25, -0.2) is 4.79 Å². The van der Waals surface area contributed by atoms with Crippen LogP contribution in [-0.4, -0.2) is 12.3 Å². The van der Waals surface area contributed by atoms with E-state index in [1.807, 2.05) is 0 Å². The van der Waals surface area contributed by atoms with E-state index in [0.717, 1.165) is 0 Å². The van der Waals surface area contributed by atoms with Crippen molar-refractivity contribution in [3.05, 3.63) is 0 Å². The number of hydrogen-bond acceptors (Lipinski definition) is 3. The molecule has 0 fully saturated rings. The Kier molecular flexibility index (Phi) is 4.45. The molecule has 0 aromatic heterocycles. The van der Waals surface area contributed by atoms with Gasteiger partial charge in [0, 0.05) is 10.9 Å². The van der Waals surface area contributed by atoms with E-state index < -0.39 is 5.97 Å². The lowest BCUT2D eigenvalue weighted by Crippen LogP contribution is -2.05. The molecule has 0 aliphatic carbocycles. The first kappa shape index (κ1) is 9.07. The highest BCUT2D eigenvalue weighted by Crippen LogP contribution is 2.05. The Labute approximate surface area is 58.1 Å². The lowest BCUT2D eigenvalue weighted by molar-refractivity contribution is -0.184. The third-order valence-corrected chi connectivity index (χ3v) is 1.10. The fourth-order valence-corrected chi connectivity index (χ4v) is 0.564. The molecule has 0 saturated heterocycles. The van der Waals surface area contributed by atoms with Gasteiger partial charge in [-0.15, -0.1) is 0 Å². The summed E-state index contributed by atoms with van der Waals surface area (Å²) < 4.78 is 11.0. The molecule has 58 valence electrons. The fourth-order valence-electron chi connectivity index (χ4n) is 0.564. The Morgan fingerprint density at radius 1 is 1.80 bits per heavy atom. The Morgan fingerprint density at radius 3 is 2.80 bits per heavy atom. The second-order valence-electron chi connectivity index (χ2n) is 2.16. The van der Waals surface area contributed by atoms with Crippen molar-refractivity contribution in [1.29, 1.82) is 0 Å². The molecule has 0 bridgehead atoms. The smallest absolute Gasteiger partial charge is 0.303 e. The van der Waals surface area contributed by atoms with E-state index in [2.05, 4.69) is 4.94 Å². The summed E-state index contributed by atoms with van der Waals surface area (Å²) in [6.07, 6.45) is 0.903. The molecule has 4 heteroatoms. The van der Waals surface area contributed by atoms with Gasteiger partial charge in [0.15, 0.2) is 0 Å². The largest absolute Gasteiger partial charge is 0.349 e. The van der Waals surface area contributed by atoms with Crippen molar-refractivity contribution >= 4 is 12.3 Å². The molecular formula is C6H9FO3. The van der Waals surface area contributed by atoms with Crippen molar-refractivity contribution in [2.45, 2.75) is 19.8 Å². The molecule has 0 N–H and O–H groups in total. The SMILES string of the molecule is CC(CC=O)CC(=O)OF. The van der Waals surface area contributed by atoms with E-state index in [1.165, 1.54) is 0 Å². The van der Waals surface area contributed by atoms with Crippen molar-refractivity contribution in [1.82, 2.24) is 0 Å². The lowest BCUT2D eigenvalue weighted by atomic mass is 10.1. The predicted molar refractivity (Wildman–Crippen MR) is 31.7 cm³/mol. The molecule has 0 aromatic rings. The Hall–Kier alpha value is -0.930. The molecule has 1 unspecified atom stereocenters. The topological polar surface area (TPSA) is 43.4 Å². The van der Waals surface area contributed by atoms with Crippen LogP contribution in [0.5, 0.6) is 0 Å². The monoisotopic (exact) mass is 148 g/mol. The maximum absolute atomic E-state index is 11.0. The molecule has 1 atom stereocenters. The summed E-state index contributed by atoms with van der Waals surface area (Å²) in [5.41, 5.74) is 0.